The number of rotatable bonds is 6. The van der Waals surface area contributed by atoms with Crippen LogP contribution in [0.3, 0.4) is 0 Å². The van der Waals surface area contributed by atoms with Crippen LogP contribution in [0.1, 0.15) is 37.3 Å². The molecule has 2 atom stereocenters. The Morgan fingerprint density at radius 3 is 2.48 bits per heavy atom. The van der Waals surface area contributed by atoms with Crippen molar-refractivity contribution in [2.75, 3.05) is 31.1 Å². The van der Waals surface area contributed by atoms with Crippen LogP contribution in [0.25, 0.3) is 0 Å². The molecule has 0 radical (unpaired) electrons. The van der Waals surface area contributed by atoms with E-state index in [1.807, 2.05) is 36.5 Å². The number of hydrogen-bond donors (Lipinski definition) is 0. The number of hydrogen-bond acceptors (Lipinski definition) is 3. The Labute approximate surface area is 199 Å². The summed E-state index contributed by atoms with van der Waals surface area (Å²) >= 11 is 18.9. The minimum absolute atomic E-state index is 0.172. The largest absolute Gasteiger partial charge is 0.361 e. The van der Waals surface area contributed by atoms with Crippen molar-refractivity contribution in [1.29, 1.82) is 0 Å². The Morgan fingerprint density at radius 1 is 1.03 bits per heavy atom. The number of nitrogens with zero attached hydrogens (tertiary/aromatic N) is 4. The lowest BCUT2D eigenvalue weighted by atomic mass is 10.0. The van der Waals surface area contributed by atoms with Gasteiger partial charge in [-0.05, 0) is 42.8 Å². The summed E-state index contributed by atoms with van der Waals surface area (Å²) in [5.74, 6) is 1.13. The summed E-state index contributed by atoms with van der Waals surface area (Å²) in [4.78, 5) is 9.40. The zero-order valence-electron chi connectivity index (χ0n) is 17.8. The molecule has 1 aliphatic heterocycles. The van der Waals surface area contributed by atoms with Gasteiger partial charge in [0.1, 0.15) is 5.82 Å². The molecule has 1 aliphatic rings. The van der Waals surface area contributed by atoms with Gasteiger partial charge >= 0.3 is 0 Å². The lowest BCUT2D eigenvalue weighted by Gasteiger charge is -2.44. The fraction of sp³-hybridized carbons (Fsp3) is 0.375. The number of imidazole rings is 1. The Balaban J connectivity index is 1.59. The summed E-state index contributed by atoms with van der Waals surface area (Å²) in [6, 6.07) is 14.4. The Bertz CT molecular complexity index is 1020. The van der Waals surface area contributed by atoms with Gasteiger partial charge in [-0.2, -0.15) is 0 Å². The number of anilines is 1. The summed E-state index contributed by atoms with van der Waals surface area (Å²) in [6.45, 7) is 8.13. The first-order valence-corrected chi connectivity index (χ1v) is 11.8. The van der Waals surface area contributed by atoms with Gasteiger partial charge in [0.05, 0.1) is 16.8 Å². The van der Waals surface area contributed by atoms with Gasteiger partial charge in [-0.25, -0.2) is 4.98 Å². The maximum atomic E-state index is 6.59. The van der Waals surface area contributed by atoms with Crippen molar-refractivity contribution < 1.29 is 0 Å². The van der Waals surface area contributed by atoms with Crippen molar-refractivity contribution in [3.05, 3.63) is 81.3 Å². The highest BCUT2D eigenvalue weighted by molar-refractivity contribution is 6.36. The molecule has 4 rings (SSSR count). The topological polar surface area (TPSA) is 24.3 Å². The molecule has 0 spiro atoms. The van der Waals surface area contributed by atoms with Crippen molar-refractivity contribution in [2.45, 2.75) is 32.4 Å². The standard InChI is InChI=1S/C24H27Cl3N4/c1-3-24-28-10-11-30(24)17(2)15-29-12-13-31(22-9-8-20(26)14-21(22)27)23(16-29)18-4-6-19(25)7-5-18/h4-11,14,17,23H,3,12-13,15-16H2,1-2H3/t17?,23-/m0/s1. The average molecular weight is 478 g/mol. The Kier molecular flexibility index (Phi) is 7.12. The number of benzene rings is 2. The Hall–Kier alpha value is -1.72. The molecule has 0 N–H and O–H groups in total. The predicted octanol–water partition coefficient (Wildman–Crippen LogP) is 6.53. The lowest BCUT2D eigenvalue weighted by Crippen LogP contribution is -2.49. The molecule has 31 heavy (non-hydrogen) atoms. The predicted molar refractivity (Wildman–Crippen MR) is 131 cm³/mol. The van der Waals surface area contributed by atoms with E-state index in [1.165, 1.54) is 5.56 Å². The highest BCUT2D eigenvalue weighted by Gasteiger charge is 2.30. The molecule has 164 valence electrons. The zero-order chi connectivity index (χ0) is 22.0. The average Bonchev–Trinajstić information content (AvgIpc) is 3.24. The minimum atomic E-state index is 0.172. The highest BCUT2D eigenvalue weighted by Crippen LogP contribution is 2.37. The first-order chi connectivity index (χ1) is 15.0. The maximum Gasteiger partial charge on any atom is 0.108 e. The SMILES string of the molecule is CCc1nccn1C(C)CN1CCN(c2ccc(Cl)cc2Cl)[C@H](c2ccc(Cl)cc2)C1. The second-order valence-corrected chi connectivity index (χ2v) is 9.35. The van der Waals surface area contributed by atoms with Crippen molar-refractivity contribution in [2.24, 2.45) is 0 Å². The molecule has 1 aromatic heterocycles. The van der Waals surface area contributed by atoms with E-state index in [0.717, 1.165) is 49.1 Å². The van der Waals surface area contributed by atoms with Crippen molar-refractivity contribution in [3.63, 3.8) is 0 Å². The molecule has 0 aliphatic carbocycles. The van der Waals surface area contributed by atoms with Crippen LogP contribution in [-0.2, 0) is 6.42 Å². The van der Waals surface area contributed by atoms with Crippen LogP contribution >= 0.6 is 34.8 Å². The first kappa shape index (κ1) is 22.5. The smallest absolute Gasteiger partial charge is 0.108 e. The Morgan fingerprint density at radius 2 is 1.77 bits per heavy atom. The third kappa shape index (κ3) is 5.04. The molecule has 2 heterocycles. The van der Waals surface area contributed by atoms with Gasteiger partial charge in [0.25, 0.3) is 0 Å². The van der Waals surface area contributed by atoms with Gasteiger partial charge in [-0.1, -0.05) is 53.9 Å². The number of aromatic nitrogens is 2. The quantitative estimate of drug-likeness (QED) is 0.403. The molecule has 0 saturated carbocycles. The fourth-order valence-electron chi connectivity index (χ4n) is 4.46. The van der Waals surface area contributed by atoms with Crippen LogP contribution in [0.5, 0.6) is 0 Å². The second-order valence-electron chi connectivity index (χ2n) is 8.07. The molecule has 1 fully saturated rings. The first-order valence-electron chi connectivity index (χ1n) is 10.7. The zero-order valence-corrected chi connectivity index (χ0v) is 20.1. The van der Waals surface area contributed by atoms with Crippen molar-refractivity contribution in [1.82, 2.24) is 14.5 Å². The molecule has 0 amide bonds. The fourth-order valence-corrected chi connectivity index (χ4v) is 5.10. The molecule has 3 aromatic rings. The van der Waals surface area contributed by atoms with E-state index < -0.39 is 0 Å². The number of aryl methyl sites for hydroxylation is 1. The second kappa shape index (κ2) is 9.83. The normalized spacial score (nSPS) is 18.4. The molecule has 1 unspecified atom stereocenters. The number of halogens is 3. The van der Waals surface area contributed by atoms with Crippen LogP contribution < -0.4 is 4.90 Å². The van der Waals surface area contributed by atoms with E-state index in [2.05, 4.69) is 51.5 Å². The van der Waals surface area contributed by atoms with E-state index in [0.29, 0.717) is 16.1 Å². The molecular formula is C24H27Cl3N4. The van der Waals surface area contributed by atoms with E-state index in [4.69, 9.17) is 34.8 Å². The molecule has 4 nitrogen and oxygen atoms in total. The minimum Gasteiger partial charge on any atom is -0.361 e. The number of piperazine rings is 1. The van der Waals surface area contributed by atoms with E-state index in [9.17, 15) is 0 Å². The van der Waals surface area contributed by atoms with Crippen LogP contribution in [0.15, 0.2) is 54.9 Å². The van der Waals surface area contributed by atoms with Gasteiger partial charge in [0.2, 0.25) is 0 Å². The van der Waals surface area contributed by atoms with Crippen molar-refractivity contribution in [3.8, 4) is 0 Å². The van der Waals surface area contributed by atoms with E-state index in [-0.39, 0.29) is 6.04 Å². The third-order valence-electron chi connectivity index (χ3n) is 6.00. The summed E-state index contributed by atoms with van der Waals surface area (Å²) < 4.78 is 2.29. The third-order valence-corrected chi connectivity index (χ3v) is 6.79. The van der Waals surface area contributed by atoms with E-state index in [1.54, 1.807) is 0 Å². The van der Waals surface area contributed by atoms with Crippen molar-refractivity contribution >= 4 is 40.5 Å². The van der Waals surface area contributed by atoms with Gasteiger partial charge in [-0.3, -0.25) is 4.90 Å². The summed E-state index contributed by atoms with van der Waals surface area (Å²) in [5.41, 5.74) is 2.24. The van der Waals surface area contributed by atoms with Crippen LogP contribution in [0.4, 0.5) is 5.69 Å². The van der Waals surface area contributed by atoms with Gasteiger partial charge < -0.3 is 9.47 Å². The molecule has 0 bridgehead atoms. The van der Waals surface area contributed by atoms with Gasteiger partial charge in [-0.15, -0.1) is 0 Å². The van der Waals surface area contributed by atoms with Gasteiger partial charge in [0, 0.05) is 61.1 Å². The van der Waals surface area contributed by atoms with Crippen LogP contribution in [0, 0.1) is 0 Å². The van der Waals surface area contributed by atoms with Gasteiger partial charge in [0.15, 0.2) is 0 Å². The van der Waals surface area contributed by atoms with E-state index >= 15 is 0 Å². The van der Waals surface area contributed by atoms with Crippen LogP contribution in [0.2, 0.25) is 15.1 Å². The summed E-state index contributed by atoms with van der Waals surface area (Å²) in [5, 5.41) is 2.07. The molecule has 1 saturated heterocycles. The molecular weight excluding hydrogens is 451 g/mol. The summed E-state index contributed by atoms with van der Waals surface area (Å²) in [7, 11) is 0. The maximum absolute atomic E-state index is 6.59. The summed E-state index contributed by atoms with van der Waals surface area (Å²) in [6.07, 6.45) is 4.92. The molecule has 2 aromatic carbocycles. The highest BCUT2D eigenvalue weighted by atomic mass is 35.5. The monoisotopic (exact) mass is 476 g/mol. The van der Waals surface area contributed by atoms with Crippen LogP contribution in [-0.4, -0.2) is 40.6 Å². The molecule has 7 heteroatoms. The lowest BCUT2D eigenvalue weighted by molar-refractivity contribution is 0.196.